The van der Waals surface area contributed by atoms with Crippen molar-refractivity contribution in [3.63, 3.8) is 0 Å². The van der Waals surface area contributed by atoms with E-state index >= 15 is 0 Å². The van der Waals surface area contributed by atoms with Gasteiger partial charge in [-0.1, -0.05) is 39.3 Å². The fraction of sp³-hybridized carbons (Fsp3) is 0.647. The van der Waals surface area contributed by atoms with Gasteiger partial charge in [-0.25, -0.2) is 8.42 Å². The molecular formula is C17H27NO2S. The van der Waals surface area contributed by atoms with E-state index in [4.69, 9.17) is 0 Å². The van der Waals surface area contributed by atoms with Crippen molar-refractivity contribution >= 4 is 10.0 Å². The second-order valence-corrected chi connectivity index (χ2v) is 9.08. The standard InChI is InChI=1S/C17H27NO2S/c1-13-7-6-8-14(2)18(13)21(19,20)16-11-9-15(10-12-16)17(3,4)5/h9-14H,6-8H2,1-5H3. The maximum Gasteiger partial charge on any atom is 0.243 e. The summed E-state index contributed by atoms with van der Waals surface area (Å²) in [6.07, 6.45) is 3.00. The fourth-order valence-corrected chi connectivity index (χ4v) is 5.00. The van der Waals surface area contributed by atoms with Crippen LogP contribution in [0, 0.1) is 0 Å². The normalized spacial score (nSPS) is 25.0. The molecule has 0 saturated carbocycles. The van der Waals surface area contributed by atoms with Crippen LogP contribution in [0.4, 0.5) is 0 Å². The first-order valence-electron chi connectivity index (χ1n) is 7.78. The molecule has 1 aliphatic rings. The molecule has 0 N–H and O–H groups in total. The van der Waals surface area contributed by atoms with Gasteiger partial charge in [-0.15, -0.1) is 0 Å². The lowest BCUT2D eigenvalue weighted by atomic mass is 9.87. The van der Waals surface area contributed by atoms with Gasteiger partial charge < -0.3 is 0 Å². The van der Waals surface area contributed by atoms with Crippen molar-refractivity contribution in [1.82, 2.24) is 4.31 Å². The van der Waals surface area contributed by atoms with E-state index < -0.39 is 10.0 Å². The lowest BCUT2D eigenvalue weighted by Crippen LogP contribution is -2.47. The summed E-state index contributed by atoms with van der Waals surface area (Å²) in [5, 5.41) is 0. The molecule has 0 spiro atoms. The van der Waals surface area contributed by atoms with Gasteiger partial charge in [-0.3, -0.25) is 0 Å². The Labute approximate surface area is 129 Å². The van der Waals surface area contributed by atoms with Crippen molar-refractivity contribution in [3.05, 3.63) is 29.8 Å². The van der Waals surface area contributed by atoms with Crippen LogP contribution in [0.2, 0.25) is 0 Å². The molecule has 1 heterocycles. The van der Waals surface area contributed by atoms with Crippen molar-refractivity contribution in [2.24, 2.45) is 0 Å². The lowest BCUT2D eigenvalue weighted by molar-refractivity contribution is 0.204. The Morgan fingerprint density at radius 2 is 1.48 bits per heavy atom. The van der Waals surface area contributed by atoms with Gasteiger partial charge in [0.1, 0.15) is 0 Å². The van der Waals surface area contributed by atoms with Gasteiger partial charge in [-0.05, 0) is 49.8 Å². The van der Waals surface area contributed by atoms with Gasteiger partial charge in [0.25, 0.3) is 0 Å². The van der Waals surface area contributed by atoms with Crippen LogP contribution in [0.15, 0.2) is 29.2 Å². The second kappa shape index (κ2) is 5.73. The van der Waals surface area contributed by atoms with Gasteiger partial charge in [0.2, 0.25) is 10.0 Å². The molecule has 1 saturated heterocycles. The number of rotatable bonds is 2. The molecule has 1 fully saturated rings. The summed E-state index contributed by atoms with van der Waals surface area (Å²) in [4.78, 5) is 0.413. The zero-order valence-electron chi connectivity index (χ0n) is 13.8. The molecule has 21 heavy (non-hydrogen) atoms. The molecule has 0 radical (unpaired) electrons. The highest BCUT2D eigenvalue weighted by Gasteiger charge is 2.35. The summed E-state index contributed by atoms with van der Waals surface area (Å²) < 4.78 is 27.5. The van der Waals surface area contributed by atoms with Crippen molar-refractivity contribution in [2.75, 3.05) is 0 Å². The predicted molar refractivity (Wildman–Crippen MR) is 86.9 cm³/mol. The van der Waals surface area contributed by atoms with Crippen LogP contribution in [0.5, 0.6) is 0 Å². The maximum absolute atomic E-state index is 12.9. The molecule has 2 atom stereocenters. The Hall–Kier alpha value is -0.870. The maximum atomic E-state index is 12.9. The van der Waals surface area contributed by atoms with Crippen LogP contribution >= 0.6 is 0 Å². The van der Waals surface area contributed by atoms with Crippen molar-refractivity contribution < 1.29 is 8.42 Å². The van der Waals surface area contributed by atoms with Crippen LogP contribution in [-0.4, -0.2) is 24.8 Å². The van der Waals surface area contributed by atoms with Crippen LogP contribution in [0.1, 0.15) is 59.4 Å². The summed E-state index contributed by atoms with van der Waals surface area (Å²) in [5.41, 5.74) is 1.19. The third-order valence-electron chi connectivity index (χ3n) is 4.41. The third kappa shape index (κ3) is 3.32. The number of sulfonamides is 1. The van der Waals surface area contributed by atoms with Crippen LogP contribution < -0.4 is 0 Å². The van der Waals surface area contributed by atoms with Crippen LogP contribution in [-0.2, 0) is 15.4 Å². The quantitative estimate of drug-likeness (QED) is 0.830. The SMILES string of the molecule is CC1CCCC(C)N1S(=O)(=O)c1ccc(C(C)(C)C)cc1. The first kappa shape index (κ1) is 16.5. The minimum Gasteiger partial charge on any atom is -0.207 e. The summed E-state index contributed by atoms with van der Waals surface area (Å²) in [5.74, 6) is 0. The Morgan fingerprint density at radius 1 is 1.00 bits per heavy atom. The second-order valence-electron chi connectivity index (χ2n) is 7.24. The van der Waals surface area contributed by atoms with Crippen LogP contribution in [0.25, 0.3) is 0 Å². The van der Waals surface area contributed by atoms with Gasteiger partial charge in [0, 0.05) is 12.1 Å². The average molecular weight is 309 g/mol. The number of nitrogens with zero attached hydrogens (tertiary/aromatic N) is 1. The van der Waals surface area contributed by atoms with E-state index in [-0.39, 0.29) is 17.5 Å². The van der Waals surface area contributed by atoms with Gasteiger partial charge in [-0.2, -0.15) is 4.31 Å². The predicted octanol–water partition coefficient (Wildman–Crippen LogP) is 3.94. The zero-order valence-corrected chi connectivity index (χ0v) is 14.6. The van der Waals surface area contributed by atoms with E-state index in [1.807, 2.05) is 26.0 Å². The van der Waals surface area contributed by atoms with E-state index in [2.05, 4.69) is 20.8 Å². The Kier molecular flexibility index (Phi) is 4.50. The molecule has 2 unspecified atom stereocenters. The van der Waals surface area contributed by atoms with Crippen molar-refractivity contribution in [1.29, 1.82) is 0 Å². The number of benzene rings is 1. The van der Waals surface area contributed by atoms with E-state index in [1.165, 1.54) is 0 Å². The highest BCUT2D eigenvalue weighted by molar-refractivity contribution is 7.89. The third-order valence-corrected chi connectivity index (χ3v) is 6.55. The Balaban J connectivity index is 2.35. The summed E-state index contributed by atoms with van der Waals surface area (Å²) in [6.45, 7) is 10.4. The largest absolute Gasteiger partial charge is 0.243 e. The van der Waals surface area contributed by atoms with Gasteiger partial charge in [0.15, 0.2) is 0 Å². The fourth-order valence-electron chi connectivity index (χ4n) is 3.12. The molecule has 118 valence electrons. The summed E-state index contributed by atoms with van der Waals surface area (Å²) in [6, 6.07) is 7.55. The molecule has 3 nitrogen and oxygen atoms in total. The smallest absolute Gasteiger partial charge is 0.207 e. The average Bonchev–Trinajstić information content (AvgIpc) is 2.37. The van der Waals surface area contributed by atoms with Crippen LogP contribution in [0.3, 0.4) is 0 Å². The van der Waals surface area contributed by atoms with E-state index in [9.17, 15) is 8.42 Å². The molecule has 2 rings (SSSR count). The molecule has 0 amide bonds. The number of hydrogen-bond acceptors (Lipinski definition) is 2. The molecule has 1 aromatic rings. The molecule has 1 aromatic carbocycles. The molecule has 4 heteroatoms. The lowest BCUT2D eigenvalue weighted by Gasteiger charge is -2.37. The van der Waals surface area contributed by atoms with Crippen molar-refractivity contribution in [2.45, 2.75) is 76.3 Å². The van der Waals surface area contributed by atoms with E-state index in [0.717, 1.165) is 24.8 Å². The van der Waals surface area contributed by atoms with Gasteiger partial charge in [0.05, 0.1) is 4.90 Å². The topological polar surface area (TPSA) is 37.4 Å². The molecule has 0 bridgehead atoms. The van der Waals surface area contributed by atoms with Crippen molar-refractivity contribution in [3.8, 4) is 0 Å². The highest BCUT2D eigenvalue weighted by Crippen LogP contribution is 2.30. The number of piperidine rings is 1. The molecule has 0 aliphatic carbocycles. The van der Waals surface area contributed by atoms with E-state index in [1.54, 1.807) is 16.4 Å². The Bertz CT molecular complexity index is 574. The van der Waals surface area contributed by atoms with Gasteiger partial charge >= 0.3 is 0 Å². The highest BCUT2D eigenvalue weighted by atomic mass is 32.2. The molecule has 0 aromatic heterocycles. The minimum absolute atomic E-state index is 0.0357. The minimum atomic E-state index is -3.39. The monoisotopic (exact) mass is 309 g/mol. The first-order valence-corrected chi connectivity index (χ1v) is 9.22. The number of hydrogen-bond donors (Lipinski definition) is 0. The molecular weight excluding hydrogens is 282 g/mol. The first-order chi connectivity index (χ1) is 9.64. The molecule has 1 aliphatic heterocycles. The Morgan fingerprint density at radius 3 is 1.90 bits per heavy atom. The summed E-state index contributed by atoms with van der Waals surface area (Å²) >= 11 is 0. The van der Waals surface area contributed by atoms with E-state index in [0.29, 0.717) is 4.90 Å². The summed E-state index contributed by atoms with van der Waals surface area (Å²) in [7, 11) is -3.39. The zero-order chi connectivity index (χ0) is 15.8.